The molecule has 0 aliphatic carbocycles. The maximum Gasteiger partial charge on any atom is 0.410 e. The van der Waals surface area contributed by atoms with Gasteiger partial charge in [0.2, 0.25) is 0 Å². The molecule has 0 aromatic heterocycles. The van der Waals surface area contributed by atoms with Gasteiger partial charge in [-0.1, -0.05) is 35.4 Å². The van der Waals surface area contributed by atoms with Crippen molar-refractivity contribution in [1.29, 1.82) is 0 Å². The summed E-state index contributed by atoms with van der Waals surface area (Å²) in [5.74, 6) is 0. The van der Waals surface area contributed by atoms with E-state index in [1.165, 1.54) is 28.6 Å². The molecule has 0 unspecified atom stereocenters. The summed E-state index contributed by atoms with van der Waals surface area (Å²) >= 11 is 2.42. The summed E-state index contributed by atoms with van der Waals surface area (Å²) in [5, 5.41) is 0. The van der Waals surface area contributed by atoms with E-state index < -0.39 is 5.60 Å². The van der Waals surface area contributed by atoms with Crippen molar-refractivity contribution in [2.75, 3.05) is 111 Å². The molecule has 0 heterocycles. The van der Waals surface area contributed by atoms with Gasteiger partial charge in [-0.15, -0.1) is 0 Å². The Morgan fingerprint density at radius 1 is 0.568 bits per heavy atom. The van der Waals surface area contributed by atoms with Crippen LogP contribution in [0.3, 0.4) is 0 Å². The molecule has 1 amide bonds. The molecule has 222 valence electrons. The summed E-state index contributed by atoms with van der Waals surface area (Å²) < 4.78 is 44.9. The van der Waals surface area contributed by atoms with E-state index in [9.17, 15) is 4.79 Å². The molecule has 0 radical (unpaired) electrons. The molecule has 0 atom stereocenters. The van der Waals surface area contributed by atoms with Crippen molar-refractivity contribution in [3.05, 3.63) is 0 Å². The predicted molar refractivity (Wildman–Crippen MR) is 152 cm³/mol. The lowest BCUT2D eigenvalue weighted by Crippen LogP contribution is -2.36. The van der Waals surface area contributed by atoms with Gasteiger partial charge in [0.05, 0.1) is 85.9 Å². The molecule has 0 bridgehead atoms. The third-order valence-electron chi connectivity index (χ3n) is 4.68. The molecule has 0 fully saturated rings. The smallest absolute Gasteiger partial charge is 0.410 e. The highest BCUT2D eigenvalue weighted by atomic mass is 127. The number of hydrogen-bond donors (Lipinski definition) is 0. The lowest BCUT2D eigenvalue weighted by Gasteiger charge is -2.24. The van der Waals surface area contributed by atoms with Gasteiger partial charge >= 0.3 is 6.09 Å². The minimum absolute atomic E-state index is 0.356. The number of amides is 1. The number of ether oxygens (including phenoxy) is 8. The van der Waals surface area contributed by atoms with Gasteiger partial charge in [-0.05, 0) is 38.0 Å². The molecule has 11 heteroatoms. The van der Waals surface area contributed by atoms with Crippen LogP contribution in [0.15, 0.2) is 0 Å². The maximum absolute atomic E-state index is 11.8. The van der Waals surface area contributed by atoms with E-state index in [0.29, 0.717) is 92.4 Å². The topological polar surface area (TPSA) is 94.2 Å². The SMILES string of the molecule is CN(CCOCCOCCOCCOCCOCCOCCOCCCCCCI)C(=O)OC(C)(C)C. The quantitative estimate of drug-likeness (QED) is 0.0745. The van der Waals surface area contributed by atoms with Crippen LogP contribution in [-0.4, -0.2) is 127 Å². The molecule has 0 rings (SSSR count). The Labute approximate surface area is 238 Å². The highest BCUT2D eigenvalue weighted by molar-refractivity contribution is 14.1. The minimum atomic E-state index is -0.499. The summed E-state index contributed by atoms with van der Waals surface area (Å²) in [6.07, 6.45) is 4.62. The van der Waals surface area contributed by atoms with Crippen LogP contribution in [0.2, 0.25) is 0 Å². The summed E-state index contributed by atoms with van der Waals surface area (Å²) in [6.45, 7) is 13.6. The molecule has 0 N–H and O–H groups in total. The van der Waals surface area contributed by atoms with Gasteiger partial charge in [0.25, 0.3) is 0 Å². The number of likely N-dealkylation sites (N-methyl/N-ethyl adjacent to an activating group) is 1. The van der Waals surface area contributed by atoms with E-state index in [2.05, 4.69) is 22.6 Å². The third kappa shape index (κ3) is 30.1. The predicted octanol–water partition coefficient (Wildman–Crippen LogP) is 3.96. The highest BCUT2D eigenvalue weighted by Gasteiger charge is 2.19. The van der Waals surface area contributed by atoms with Gasteiger partial charge in [-0.3, -0.25) is 0 Å². The Morgan fingerprint density at radius 3 is 1.30 bits per heavy atom. The zero-order valence-electron chi connectivity index (χ0n) is 23.6. The summed E-state index contributed by atoms with van der Waals surface area (Å²) in [4.78, 5) is 13.3. The largest absolute Gasteiger partial charge is 0.444 e. The number of halogens is 1. The number of hydrogen-bond acceptors (Lipinski definition) is 9. The van der Waals surface area contributed by atoms with Crippen molar-refractivity contribution < 1.29 is 42.7 Å². The summed E-state index contributed by atoms with van der Waals surface area (Å²) in [7, 11) is 1.69. The van der Waals surface area contributed by atoms with Crippen LogP contribution in [0.5, 0.6) is 0 Å². The molecule has 37 heavy (non-hydrogen) atoms. The van der Waals surface area contributed by atoms with Crippen molar-refractivity contribution in [1.82, 2.24) is 4.90 Å². The molecule has 0 saturated heterocycles. The monoisotopic (exact) mass is 649 g/mol. The van der Waals surface area contributed by atoms with E-state index in [-0.39, 0.29) is 6.09 Å². The first-order valence-corrected chi connectivity index (χ1v) is 14.9. The van der Waals surface area contributed by atoms with E-state index >= 15 is 0 Å². The lowest BCUT2D eigenvalue weighted by molar-refractivity contribution is -0.0213. The van der Waals surface area contributed by atoms with Crippen molar-refractivity contribution in [2.24, 2.45) is 0 Å². The first-order valence-electron chi connectivity index (χ1n) is 13.4. The molecule has 0 aromatic rings. The molecule has 0 aliphatic rings. The first kappa shape index (κ1) is 36.7. The van der Waals surface area contributed by atoms with Gasteiger partial charge in [0, 0.05) is 20.2 Å². The molecule has 10 nitrogen and oxygen atoms in total. The molecule has 0 saturated carbocycles. The second-order valence-electron chi connectivity index (χ2n) is 9.29. The van der Waals surface area contributed by atoms with Crippen molar-refractivity contribution in [2.45, 2.75) is 52.1 Å². The van der Waals surface area contributed by atoms with Crippen LogP contribution in [-0.2, 0) is 37.9 Å². The Kier molecular flexibility index (Phi) is 27.1. The fraction of sp³-hybridized carbons (Fsp3) is 0.962. The van der Waals surface area contributed by atoms with Crippen LogP contribution in [0.1, 0.15) is 46.5 Å². The normalized spacial score (nSPS) is 11.7. The minimum Gasteiger partial charge on any atom is -0.444 e. The van der Waals surface area contributed by atoms with E-state index in [4.69, 9.17) is 37.9 Å². The number of carbonyl (C=O) groups is 1. The van der Waals surface area contributed by atoms with Crippen LogP contribution in [0.4, 0.5) is 4.79 Å². The maximum atomic E-state index is 11.8. The Hall–Kier alpha value is -0.280. The number of carbonyl (C=O) groups excluding carboxylic acids is 1. The Morgan fingerprint density at radius 2 is 0.919 bits per heavy atom. The van der Waals surface area contributed by atoms with Crippen molar-refractivity contribution in [3.8, 4) is 0 Å². The van der Waals surface area contributed by atoms with Gasteiger partial charge in [-0.25, -0.2) is 4.79 Å². The van der Waals surface area contributed by atoms with E-state index in [1.807, 2.05) is 20.8 Å². The van der Waals surface area contributed by atoms with Crippen LogP contribution in [0, 0.1) is 0 Å². The van der Waals surface area contributed by atoms with Crippen LogP contribution < -0.4 is 0 Å². The second-order valence-corrected chi connectivity index (χ2v) is 10.4. The molecule has 0 aromatic carbocycles. The fourth-order valence-corrected chi connectivity index (χ4v) is 3.25. The lowest BCUT2D eigenvalue weighted by atomic mass is 10.2. The van der Waals surface area contributed by atoms with E-state index in [0.717, 1.165) is 13.0 Å². The molecule has 0 spiro atoms. The van der Waals surface area contributed by atoms with E-state index in [1.54, 1.807) is 7.05 Å². The van der Waals surface area contributed by atoms with Gasteiger partial charge in [0.1, 0.15) is 5.60 Å². The Balaban J connectivity index is 3.17. The van der Waals surface area contributed by atoms with Gasteiger partial charge < -0.3 is 42.8 Å². The van der Waals surface area contributed by atoms with Crippen LogP contribution >= 0.6 is 22.6 Å². The number of nitrogens with zero attached hydrogens (tertiary/aromatic N) is 1. The van der Waals surface area contributed by atoms with Crippen molar-refractivity contribution >= 4 is 28.7 Å². The van der Waals surface area contributed by atoms with Gasteiger partial charge in [-0.2, -0.15) is 0 Å². The van der Waals surface area contributed by atoms with Gasteiger partial charge in [0.15, 0.2) is 0 Å². The van der Waals surface area contributed by atoms with Crippen LogP contribution in [0.25, 0.3) is 0 Å². The third-order valence-corrected chi connectivity index (χ3v) is 5.44. The second kappa shape index (κ2) is 27.3. The first-order chi connectivity index (χ1) is 17.9. The fourth-order valence-electron chi connectivity index (χ4n) is 2.71. The number of alkyl halides is 1. The number of unbranched alkanes of at least 4 members (excludes halogenated alkanes) is 3. The zero-order valence-corrected chi connectivity index (χ0v) is 25.8. The average molecular weight is 650 g/mol. The Bertz CT molecular complexity index is 495. The summed E-state index contributed by atoms with van der Waals surface area (Å²) in [5.41, 5.74) is -0.499. The number of rotatable bonds is 27. The molecular weight excluding hydrogens is 597 g/mol. The standard InChI is InChI=1S/C26H52INO9/c1-26(2,3)37-25(29)28(4)10-12-31-14-16-33-18-20-35-22-24-36-23-21-34-19-17-32-15-13-30-11-8-6-5-7-9-27/h5-24H2,1-4H3. The van der Waals surface area contributed by atoms with Crippen molar-refractivity contribution in [3.63, 3.8) is 0 Å². The molecular formula is C26H52INO9. The average Bonchev–Trinajstić information content (AvgIpc) is 2.85. The zero-order chi connectivity index (χ0) is 27.5. The molecule has 0 aliphatic heterocycles. The summed E-state index contributed by atoms with van der Waals surface area (Å²) in [6, 6.07) is 0. The highest BCUT2D eigenvalue weighted by Crippen LogP contribution is 2.08.